The Kier molecular flexibility index (Phi) is 5.70. The number of benzene rings is 3. The minimum absolute atomic E-state index is 0.210. The minimum Gasteiger partial charge on any atom is -0.466 e. The molecule has 0 saturated carbocycles. The van der Waals surface area contributed by atoms with E-state index in [2.05, 4.69) is 29.2 Å². The molecule has 0 fully saturated rings. The van der Waals surface area contributed by atoms with Crippen molar-refractivity contribution in [2.24, 2.45) is 0 Å². The molecule has 1 aromatic heterocycles. The Morgan fingerprint density at radius 2 is 1.91 bits per heavy atom. The summed E-state index contributed by atoms with van der Waals surface area (Å²) in [7, 11) is 1.96. The molecule has 5 rings (SSSR count). The van der Waals surface area contributed by atoms with E-state index in [4.69, 9.17) is 21.3 Å². The van der Waals surface area contributed by atoms with Crippen molar-refractivity contribution in [2.75, 3.05) is 24.1 Å². The molecule has 2 N–H and O–H groups in total. The molecule has 3 aromatic carbocycles. The number of hydrogen-bond acceptors (Lipinski definition) is 7. The fourth-order valence-electron chi connectivity index (χ4n) is 4.12. The summed E-state index contributed by atoms with van der Waals surface area (Å²) in [5.41, 5.74) is 14.2. The first-order valence-corrected chi connectivity index (χ1v) is 11.9. The smallest absolute Gasteiger partial charge is 0.310 e. The molecule has 0 amide bonds. The number of esters is 1. The van der Waals surface area contributed by atoms with Crippen LogP contribution in [-0.4, -0.2) is 24.6 Å². The number of anilines is 2. The predicted octanol–water partition coefficient (Wildman–Crippen LogP) is 5.98. The maximum atomic E-state index is 12.4. The Morgan fingerprint density at radius 1 is 1.15 bits per heavy atom. The van der Waals surface area contributed by atoms with Gasteiger partial charge >= 0.3 is 5.97 Å². The molecule has 168 valence electrons. The largest absolute Gasteiger partial charge is 0.466 e. The Labute approximate surface area is 201 Å². The summed E-state index contributed by atoms with van der Waals surface area (Å²) in [6.45, 7) is 4.20. The number of nitrogens with one attached hydrogen (secondary N) is 2. The van der Waals surface area contributed by atoms with Crippen LogP contribution in [0.1, 0.15) is 18.1 Å². The maximum absolute atomic E-state index is 12.4. The summed E-state index contributed by atoms with van der Waals surface area (Å²) in [6.07, 6.45) is 0.210. The first-order chi connectivity index (χ1) is 15.9. The first-order valence-electron chi connectivity index (χ1n) is 10.7. The molecule has 0 radical (unpaired) electrons. The lowest BCUT2D eigenvalue weighted by Crippen LogP contribution is -2.31. The quantitative estimate of drug-likeness (QED) is 0.344. The van der Waals surface area contributed by atoms with Crippen LogP contribution >= 0.6 is 22.9 Å². The van der Waals surface area contributed by atoms with Crippen LogP contribution in [-0.2, 0) is 16.0 Å². The summed E-state index contributed by atoms with van der Waals surface area (Å²) >= 11 is 7.79. The van der Waals surface area contributed by atoms with Crippen molar-refractivity contribution in [2.45, 2.75) is 20.3 Å². The number of nitrogens with zero attached hydrogens (tertiary/aromatic N) is 2. The van der Waals surface area contributed by atoms with Gasteiger partial charge in [0.25, 0.3) is 0 Å². The minimum atomic E-state index is -0.235. The van der Waals surface area contributed by atoms with Crippen LogP contribution in [0.4, 0.5) is 11.4 Å². The summed E-state index contributed by atoms with van der Waals surface area (Å²) in [4.78, 5) is 17.4. The average Bonchev–Trinajstić information content (AvgIpc) is 3.38. The van der Waals surface area contributed by atoms with Gasteiger partial charge in [0.05, 0.1) is 34.6 Å². The first kappa shape index (κ1) is 21.7. The van der Waals surface area contributed by atoms with Crippen molar-refractivity contribution in [1.29, 1.82) is 0 Å². The summed E-state index contributed by atoms with van der Waals surface area (Å²) < 4.78 is 6.31. The van der Waals surface area contributed by atoms with Gasteiger partial charge in [0.2, 0.25) is 0 Å². The maximum Gasteiger partial charge on any atom is 0.310 e. The lowest BCUT2D eigenvalue weighted by Gasteiger charge is -2.14. The van der Waals surface area contributed by atoms with Gasteiger partial charge in [-0.2, -0.15) is 0 Å². The number of aromatic nitrogens is 1. The molecule has 0 spiro atoms. The van der Waals surface area contributed by atoms with Gasteiger partial charge in [-0.15, -0.1) is 16.9 Å². The van der Waals surface area contributed by atoms with Crippen molar-refractivity contribution in [3.63, 3.8) is 0 Å². The van der Waals surface area contributed by atoms with Crippen molar-refractivity contribution >= 4 is 50.5 Å². The molecule has 0 saturated heterocycles. The highest BCUT2D eigenvalue weighted by Gasteiger charge is 2.21. The number of carbonyl (C=O) groups excluding carboxylic acids is 1. The van der Waals surface area contributed by atoms with E-state index in [0.717, 1.165) is 54.4 Å². The van der Waals surface area contributed by atoms with E-state index in [1.807, 2.05) is 56.2 Å². The molecule has 1 aliphatic rings. The van der Waals surface area contributed by atoms with E-state index < -0.39 is 0 Å². The van der Waals surface area contributed by atoms with Gasteiger partial charge in [-0.05, 0) is 66.9 Å². The van der Waals surface area contributed by atoms with E-state index in [1.165, 1.54) is 0 Å². The number of fused-ring (bicyclic) bond motifs is 2. The zero-order chi connectivity index (χ0) is 23.1. The Bertz CT molecular complexity index is 1370. The third kappa shape index (κ3) is 4.04. The lowest BCUT2D eigenvalue weighted by atomic mass is 9.93. The molecule has 4 aromatic rings. The predicted molar refractivity (Wildman–Crippen MR) is 136 cm³/mol. The molecule has 8 heteroatoms. The molecule has 0 bridgehead atoms. The lowest BCUT2D eigenvalue weighted by molar-refractivity contribution is -0.142. The van der Waals surface area contributed by atoms with Crippen LogP contribution < -0.4 is 16.0 Å². The van der Waals surface area contributed by atoms with Crippen molar-refractivity contribution in [3.8, 4) is 21.7 Å². The van der Waals surface area contributed by atoms with Crippen LogP contribution in [0.3, 0.4) is 0 Å². The summed E-state index contributed by atoms with van der Waals surface area (Å²) in [6, 6.07) is 16.0. The zero-order valence-corrected chi connectivity index (χ0v) is 20.1. The normalized spacial score (nSPS) is 12.7. The highest BCUT2D eigenvalue weighted by atomic mass is 35.5. The van der Waals surface area contributed by atoms with Gasteiger partial charge in [0, 0.05) is 23.2 Å². The second-order valence-electron chi connectivity index (χ2n) is 7.93. The molecule has 33 heavy (non-hydrogen) atoms. The van der Waals surface area contributed by atoms with Crippen molar-refractivity contribution in [3.05, 3.63) is 64.7 Å². The molecular formula is C25H23ClN4O2S. The fraction of sp³-hybridized carbons (Fsp3) is 0.200. The van der Waals surface area contributed by atoms with Crippen molar-refractivity contribution < 1.29 is 9.53 Å². The van der Waals surface area contributed by atoms with Gasteiger partial charge < -0.3 is 10.2 Å². The number of thiazole rings is 1. The summed E-state index contributed by atoms with van der Waals surface area (Å²) in [5, 5.41) is 3.53. The average molecular weight is 479 g/mol. The van der Waals surface area contributed by atoms with Crippen LogP contribution in [0.15, 0.2) is 48.5 Å². The fourth-order valence-corrected chi connectivity index (χ4v) is 5.38. The van der Waals surface area contributed by atoms with E-state index in [-0.39, 0.29) is 12.4 Å². The number of hydrogen-bond donors (Lipinski definition) is 2. The van der Waals surface area contributed by atoms with Gasteiger partial charge in [0.15, 0.2) is 0 Å². The van der Waals surface area contributed by atoms with Crippen molar-refractivity contribution in [1.82, 2.24) is 10.5 Å². The Hall–Kier alpha value is -3.13. The highest BCUT2D eigenvalue weighted by molar-refractivity contribution is 7.22. The van der Waals surface area contributed by atoms with Crippen LogP contribution in [0.2, 0.25) is 5.02 Å². The number of halogens is 1. The van der Waals surface area contributed by atoms with Gasteiger partial charge in [-0.3, -0.25) is 9.80 Å². The molecule has 1 aliphatic heterocycles. The number of aryl methyl sites for hydroxylation is 1. The van der Waals surface area contributed by atoms with Gasteiger partial charge in [-0.1, -0.05) is 23.7 Å². The van der Waals surface area contributed by atoms with Crippen LogP contribution in [0, 0.1) is 6.92 Å². The monoisotopic (exact) mass is 478 g/mol. The molecule has 0 unspecified atom stereocenters. The molecule has 0 atom stereocenters. The van der Waals surface area contributed by atoms with E-state index in [9.17, 15) is 4.79 Å². The van der Waals surface area contributed by atoms with Crippen LogP contribution in [0.25, 0.3) is 31.9 Å². The summed E-state index contributed by atoms with van der Waals surface area (Å²) in [5.74, 6) is -0.235. The molecule has 6 nitrogen and oxygen atoms in total. The SMILES string of the molecule is CCOC(=O)Cc1c(C)cc2nc(-c3ccc4c(c3)N(C)NN4)sc2c1-c1ccc(Cl)cc1. The van der Waals surface area contributed by atoms with Crippen LogP contribution in [0.5, 0.6) is 0 Å². The van der Waals surface area contributed by atoms with Gasteiger partial charge in [0.1, 0.15) is 5.01 Å². The van der Waals surface area contributed by atoms with Gasteiger partial charge in [-0.25, -0.2) is 4.98 Å². The second-order valence-corrected chi connectivity index (χ2v) is 9.37. The molecular weight excluding hydrogens is 456 g/mol. The molecule has 0 aliphatic carbocycles. The Morgan fingerprint density at radius 3 is 2.67 bits per heavy atom. The highest BCUT2D eigenvalue weighted by Crippen LogP contribution is 2.42. The zero-order valence-electron chi connectivity index (χ0n) is 18.5. The standard InChI is InChI=1S/C25H23ClN4O2S/c1-4-32-22(31)13-18-14(2)11-20-24(23(18)15-5-8-17(26)9-6-15)33-25(27-20)16-7-10-19-21(12-16)30(3)29-28-19/h5-12,28-29H,4,13H2,1-3H3. The third-order valence-electron chi connectivity index (χ3n) is 5.74. The Balaban J connectivity index is 1.69. The van der Waals surface area contributed by atoms with E-state index in [0.29, 0.717) is 11.6 Å². The number of hydrazine groups is 2. The number of rotatable bonds is 5. The number of ether oxygens (including phenoxy) is 1. The second kappa shape index (κ2) is 8.67. The third-order valence-corrected chi connectivity index (χ3v) is 7.12. The molecule has 2 heterocycles. The topological polar surface area (TPSA) is 66.5 Å². The van der Waals surface area contributed by atoms with E-state index in [1.54, 1.807) is 11.3 Å². The van der Waals surface area contributed by atoms with E-state index >= 15 is 0 Å². The number of carbonyl (C=O) groups is 1.